The Morgan fingerprint density at radius 3 is 1.59 bits per heavy atom. The molecule has 192 valence electrons. The van der Waals surface area contributed by atoms with Crippen LogP contribution in [0.3, 0.4) is 0 Å². The highest BCUT2D eigenvalue weighted by atomic mass is 16.5. The molecule has 0 N–H and O–H groups in total. The van der Waals surface area contributed by atoms with Crippen LogP contribution in [0.2, 0.25) is 0 Å². The van der Waals surface area contributed by atoms with Gasteiger partial charge in [0.25, 0.3) is 0 Å². The van der Waals surface area contributed by atoms with E-state index in [0.717, 1.165) is 45.7 Å². The molecule has 1 heterocycles. The smallest absolute Gasteiger partial charge is 0.0466 e. The number of ether oxygens (including phenoxy) is 2. The van der Waals surface area contributed by atoms with E-state index in [4.69, 9.17) is 9.47 Å². The van der Waals surface area contributed by atoms with Crippen molar-refractivity contribution in [3.05, 3.63) is 54.4 Å². The molecule has 1 fully saturated rings. The zero-order chi connectivity index (χ0) is 24.3. The van der Waals surface area contributed by atoms with Crippen LogP contribution in [0.1, 0.15) is 109 Å². The summed E-state index contributed by atoms with van der Waals surface area (Å²) in [6, 6.07) is 9.02. The van der Waals surface area contributed by atoms with Gasteiger partial charge in [0, 0.05) is 43.5 Å². The first kappa shape index (κ1) is 28.7. The summed E-state index contributed by atoms with van der Waals surface area (Å²) in [5, 5.41) is 0. The van der Waals surface area contributed by atoms with Crippen molar-refractivity contribution < 1.29 is 9.47 Å². The lowest BCUT2D eigenvalue weighted by atomic mass is 10.0. The number of allylic oxidation sites excluding steroid dienone is 2. The maximum atomic E-state index is 5.76. The molecule has 0 radical (unpaired) electrons. The predicted molar refractivity (Wildman–Crippen MR) is 147 cm³/mol. The Morgan fingerprint density at radius 1 is 0.618 bits per heavy atom. The van der Waals surface area contributed by atoms with E-state index in [9.17, 15) is 0 Å². The summed E-state index contributed by atoms with van der Waals surface area (Å²) < 4.78 is 11.3. The summed E-state index contributed by atoms with van der Waals surface area (Å²) in [7, 11) is 0. The van der Waals surface area contributed by atoms with Crippen molar-refractivity contribution >= 4 is 5.69 Å². The SMILES string of the molecule is C=C1CCC(=C)N1c1ccc(CCCCCCCCCCCOCCCCCOCCC)cc1. The molecule has 0 amide bonds. The number of hydrogen-bond acceptors (Lipinski definition) is 3. The summed E-state index contributed by atoms with van der Waals surface area (Å²) in [4.78, 5) is 2.21. The third kappa shape index (κ3) is 12.2. The number of rotatable bonds is 21. The first-order valence-corrected chi connectivity index (χ1v) is 14.1. The van der Waals surface area contributed by atoms with Gasteiger partial charge in [-0.15, -0.1) is 0 Å². The topological polar surface area (TPSA) is 21.7 Å². The molecule has 1 aliphatic rings. The maximum Gasteiger partial charge on any atom is 0.0466 e. The Bertz CT molecular complexity index is 651. The number of hydrogen-bond donors (Lipinski definition) is 0. The molecule has 1 aromatic rings. The second-order valence-corrected chi connectivity index (χ2v) is 9.85. The Balaban J connectivity index is 1.33. The average molecular weight is 470 g/mol. The fraction of sp³-hybridized carbons (Fsp3) is 0.677. The van der Waals surface area contributed by atoms with Gasteiger partial charge in [0.2, 0.25) is 0 Å². The Labute approximate surface area is 210 Å². The Kier molecular flexibility index (Phi) is 15.8. The van der Waals surface area contributed by atoms with Crippen molar-refractivity contribution in [1.82, 2.24) is 0 Å². The molecule has 0 bridgehead atoms. The normalized spacial score (nSPS) is 13.9. The van der Waals surface area contributed by atoms with Crippen molar-refractivity contribution in [2.45, 2.75) is 110 Å². The zero-order valence-electron chi connectivity index (χ0n) is 22.1. The van der Waals surface area contributed by atoms with E-state index >= 15 is 0 Å². The van der Waals surface area contributed by atoms with Gasteiger partial charge < -0.3 is 14.4 Å². The summed E-state index contributed by atoms with van der Waals surface area (Å²) in [5.41, 5.74) is 5.00. The van der Waals surface area contributed by atoms with Gasteiger partial charge in [0.1, 0.15) is 0 Å². The second-order valence-electron chi connectivity index (χ2n) is 9.85. The lowest BCUT2D eigenvalue weighted by molar-refractivity contribution is 0.113. The third-order valence-electron chi connectivity index (χ3n) is 6.71. The summed E-state index contributed by atoms with van der Waals surface area (Å²) in [6.07, 6.45) is 20.0. The third-order valence-corrected chi connectivity index (χ3v) is 6.71. The second kappa shape index (κ2) is 18.7. The zero-order valence-corrected chi connectivity index (χ0v) is 22.1. The molecule has 1 aliphatic heterocycles. The van der Waals surface area contributed by atoms with Crippen LogP contribution < -0.4 is 4.90 Å². The quantitative estimate of drug-likeness (QED) is 0.168. The predicted octanol–water partition coefficient (Wildman–Crippen LogP) is 8.98. The number of aryl methyl sites for hydroxylation is 1. The van der Waals surface area contributed by atoms with Crippen LogP contribution in [0.25, 0.3) is 0 Å². The molecule has 3 nitrogen and oxygen atoms in total. The fourth-order valence-corrected chi connectivity index (χ4v) is 4.62. The lowest BCUT2D eigenvalue weighted by Gasteiger charge is -2.21. The minimum atomic E-state index is 0.902. The first-order valence-electron chi connectivity index (χ1n) is 14.1. The fourth-order valence-electron chi connectivity index (χ4n) is 4.62. The maximum absolute atomic E-state index is 5.76. The Morgan fingerprint density at radius 2 is 1.06 bits per heavy atom. The Hall–Kier alpha value is -1.58. The standard InChI is InChI=1S/C31H51NO2/c1-4-24-33-25-15-12-16-27-34-26-14-11-9-7-5-6-8-10-13-17-30-20-22-31(23-21-30)32-28(2)18-19-29(32)3/h20-23H,2-19,24-27H2,1H3. The molecule has 0 spiro atoms. The molecule has 3 heteroatoms. The first-order chi connectivity index (χ1) is 16.7. The van der Waals surface area contributed by atoms with Crippen LogP contribution in [-0.4, -0.2) is 26.4 Å². The number of benzene rings is 1. The minimum absolute atomic E-state index is 0.902. The minimum Gasteiger partial charge on any atom is -0.381 e. The highest BCUT2D eigenvalue weighted by Gasteiger charge is 2.20. The van der Waals surface area contributed by atoms with Gasteiger partial charge in [-0.3, -0.25) is 0 Å². The van der Waals surface area contributed by atoms with Crippen molar-refractivity contribution in [3.63, 3.8) is 0 Å². The molecule has 0 saturated carbocycles. The van der Waals surface area contributed by atoms with Gasteiger partial charge in [-0.2, -0.15) is 0 Å². The van der Waals surface area contributed by atoms with Crippen LogP contribution in [0, 0.1) is 0 Å². The van der Waals surface area contributed by atoms with E-state index in [0.29, 0.717) is 0 Å². The van der Waals surface area contributed by atoms with Crippen molar-refractivity contribution in [2.75, 3.05) is 31.3 Å². The molecule has 2 rings (SSSR count). The number of nitrogens with zero attached hydrogens (tertiary/aromatic N) is 1. The molecule has 1 aromatic carbocycles. The van der Waals surface area contributed by atoms with Gasteiger partial charge in [0.15, 0.2) is 0 Å². The molecule has 0 unspecified atom stereocenters. The molecule has 1 saturated heterocycles. The average Bonchev–Trinajstić information content (AvgIpc) is 3.18. The molecule has 0 atom stereocenters. The summed E-state index contributed by atoms with van der Waals surface area (Å²) in [6.45, 7) is 14.2. The van der Waals surface area contributed by atoms with Gasteiger partial charge in [-0.05, 0) is 75.5 Å². The van der Waals surface area contributed by atoms with E-state index in [1.165, 1.54) is 106 Å². The van der Waals surface area contributed by atoms with Gasteiger partial charge >= 0.3 is 0 Å². The van der Waals surface area contributed by atoms with Gasteiger partial charge in [-0.1, -0.05) is 77.2 Å². The van der Waals surface area contributed by atoms with Gasteiger partial charge in [-0.25, -0.2) is 0 Å². The van der Waals surface area contributed by atoms with Crippen LogP contribution in [0.15, 0.2) is 48.8 Å². The molecule has 0 aromatic heterocycles. The van der Waals surface area contributed by atoms with Crippen molar-refractivity contribution in [2.24, 2.45) is 0 Å². The van der Waals surface area contributed by atoms with Crippen LogP contribution in [0.5, 0.6) is 0 Å². The molecular weight excluding hydrogens is 418 g/mol. The lowest BCUT2D eigenvalue weighted by Crippen LogP contribution is -2.12. The van der Waals surface area contributed by atoms with Crippen molar-refractivity contribution in [3.8, 4) is 0 Å². The van der Waals surface area contributed by atoms with E-state index in [-0.39, 0.29) is 0 Å². The van der Waals surface area contributed by atoms with Crippen LogP contribution in [-0.2, 0) is 15.9 Å². The van der Waals surface area contributed by atoms with Crippen LogP contribution >= 0.6 is 0 Å². The summed E-state index contributed by atoms with van der Waals surface area (Å²) >= 11 is 0. The highest BCUT2D eigenvalue weighted by molar-refractivity contribution is 5.60. The van der Waals surface area contributed by atoms with Crippen LogP contribution in [0.4, 0.5) is 5.69 Å². The van der Waals surface area contributed by atoms with E-state index in [1.807, 2.05) is 0 Å². The van der Waals surface area contributed by atoms with E-state index < -0.39 is 0 Å². The molecule has 0 aliphatic carbocycles. The molecule has 34 heavy (non-hydrogen) atoms. The highest BCUT2D eigenvalue weighted by Crippen LogP contribution is 2.33. The number of anilines is 1. The largest absolute Gasteiger partial charge is 0.381 e. The van der Waals surface area contributed by atoms with E-state index in [2.05, 4.69) is 49.2 Å². The monoisotopic (exact) mass is 469 g/mol. The molecular formula is C31H51NO2. The van der Waals surface area contributed by atoms with Gasteiger partial charge in [0.05, 0.1) is 0 Å². The summed E-state index contributed by atoms with van der Waals surface area (Å²) in [5.74, 6) is 0. The van der Waals surface area contributed by atoms with Crippen molar-refractivity contribution in [1.29, 1.82) is 0 Å². The number of unbranched alkanes of at least 4 members (excludes halogenated alkanes) is 10. The van der Waals surface area contributed by atoms with E-state index in [1.54, 1.807) is 0 Å².